The molecule has 1 heterocycles. The SMILES string of the molecule is Cc1ccc(-n2nc(C)c(C(=O)O[C@@H](C)C(=O)NCC(C)C)n2)c(C)c1. The summed E-state index contributed by atoms with van der Waals surface area (Å²) in [7, 11) is 0. The van der Waals surface area contributed by atoms with Crippen LogP contribution < -0.4 is 5.32 Å². The second-order valence-corrected chi connectivity index (χ2v) is 6.90. The molecule has 0 fully saturated rings. The Morgan fingerprint density at radius 1 is 1.15 bits per heavy atom. The first-order valence-electron chi connectivity index (χ1n) is 8.69. The Balaban J connectivity index is 2.13. The molecule has 1 aromatic carbocycles. The second-order valence-electron chi connectivity index (χ2n) is 6.90. The van der Waals surface area contributed by atoms with Gasteiger partial charge in [0.05, 0.1) is 11.4 Å². The molecular formula is C19H26N4O3. The predicted octanol–water partition coefficient (Wildman–Crippen LogP) is 2.51. The van der Waals surface area contributed by atoms with Gasteiger partial charge in [0, 0.05) is 6.54 Å². The Kier molecular flexibility index (Phi) is 6.13. The number of rotatable bonds is 6. The standard InChI is InChI=1S/C19H26N4O3/c1-11(2)10-20-18(24)15(6)26-19(25)17-14(5)21-23(22-17)16-8-7-12(3)9-13(16)4/h7-9,11,15H,10H2,1-6H3,(H,20,24)/t15-/m0/s1. The number of carbonyl (C=O) groups is 2. The first kappa shape index (κ1) is 19.6. The molecule has 2 rings (SSSR count). The van der Waals surface area contributed by atoms with Crippen molar-refractivity contribution < 1.29 is 14.3 Å². The average Bonchev–Trinajstić information content (AvgIpc) is 2.94. The largest absolute Gasteiger partial charge is 0.448 e. The lowest BCUT2D eigenvalue weighted by Gasteiger charge is -2.13. The first-order valence-corrected chi connectivity index (χ1v) is 8.69. The van der Waals surface area contributed by atoms with E-state index in [4.69, 9.17) is 4.74 Å². The van der Waals surface area contributed by atoms with E-state index < -0.39 is 12.1 Å². The van der Waals surface area contributed by atoms with E-state index in [0.29, 0.717) is 18.2 Å². The van der Waals surface area contributed by atoms with Gasteiger partial charge in [0.25, 0.3) is 5.91 Å². The van der Waals surface area contributed by atoms with Crippen molar-refractivity contribution in [3.8, 4) is 5.69 Å². The molecule has 0 unspecified atom stereocenters. The van der Waals surface area contributed by atoms with E-state index in [2.05, 4.69) is 15.5 Å². The maximum Gasteiger partial charge on any atom is 0.361 e. The van der Waals surface area contributed by atoms with Gasteiger partial charge in [-0.2, -0.15) is 9.90 Å². The Labute approximate surface area is 153 Å². The quantitative estimate of drug-likeness (QED) is 0.802. The molecule has 0 saturated carbocycles. The van der Waals surface area contributed by atoms with Gasteiger partial charge in [0.15, 0.2) is 11.8 Å². The van der Waals surface area contributed by atoms with Gasteiger partial charge < -0.3 is 10.1 Å². The molecular weight excluding hydrogens is 332 g/mol. The van der Waals surface area contributed by atoms with Gasteiger partial charge in [0.1, 0.15) is 0 Å². The molecule has 1 N–H and O–H groups in total. The molecule has 0 aliphatic carbocycles. The van der Waals surface area contributed by atoms with E-state index in [1.54, 1.807) is 6.92 Å². The van der Waals surface area contributed by atoms with Crippen LogP contribution in [0.25, 0.3) is 5.69 Å². The number of amides is 1. The number of esters is 1. The zero-order chi connectivity index (χ0) is 19.4. The van der Waals surface area contributed by atoms with Crippen molar-refractivity contribution in [3.05, 3.63) is 40.7 Å². The summed E-state index contributed by atoms with van der Waals surface area (Å²) in [6.07, 6.45) is -0.896. The van der Waals surface area contributed by atoms with Gasteiger partial charge in [-0.25, -0.2) is 4.79 Å². The number of aromatic nitrogens is 3. The van der Waals surface area contributed by atoms with Crippen LogP contribution in [-0.2, 0) is 9.53 Å². The van der Waals surface area contributed by atoms with Gasteiger partial charge in [-0.1, -0.05) is 31.5 Å². The fourth-order valence-corrected chi connectivity index (χ4v) is 2.42. The van der Waals surface area contributed by atoms with Crippen molar-refractivity contribution in [3.63, 3.8) is 0 Å². The Bertz CT molecular complexity index is 811. The molecule has 0 bridgehead atoms. The fraction of sp³-hybridized carbons (Fsp3) is 0.474. The number of aryl methyl sites for hydroxylation is 3. The lowest BCUT2D eigenvalue weighted by Crippen LogP contribution is -2.37. The van der Waals surface area contributed by atoms with Crippen LogP contribution in [0.15, 0.2) is 18.2 Å². The van der Waals surface area contributed by atoms with Crippen LogP contribution in [0.3, 0.4) is 0 Å². The topological polar surface area (TPSA) is 86.1 Å². The summed E-state index contributed by atoms with van der Waals surface area (Å²) in [6, 6.07) is 5.88. The third kappa shape index (κ3) is 4.68. The minimum Gasteiger partial charge on any atom is -0.448 e. The molecule has 2 aromatic rings. The highest BCUT2D eigenvalue weighted by Gasteiger charge is 2.23. The van der Waals surface area contributed by atoms with E-state index in [1.165, 1.54) is 11.7 Å². The Morgan fingerprint density at radius 2 is 1.85 bits per heavy atom. The molecule has 0 radical (unpaired) electrons. The zero-order valence-corrected chi connectivity index (χ0v) is 16.2. The molecule has 7 heteroatoms. The van der Waals surface area contributed by atoms with Crippen LogP contribution in [0.2, 0.25) is 0 Å². The number of carbonyl (C=O) groups excluding carboxylic acids is 2. The smallest absolute Gasteiger partial charge is 0.361 e. The maximum absolute atomic E-state index is 12.4. The predicted molar refractivity (Wildman–Crippen MR) is 98.3 cm³/mol. The summed E-state index contributed by atoms with van der Waals surface area (Å²) in [5, 5.41) is 11.3. The number of nitrogens with zero attached hydrogens (tertiary/aromatic N) is 3. The third-order valence-electron chi connectivity index (χ3n) is 3.88. The molecule has 1 atom stereocenters. The van der Waals surface area contributed by atoms with E-state index in [-0.39, 0.29) is 11.6 Å². The highest BCUT2D eigenvalue weighted by atomic mass is 16.5. The number of hydrogen-bond acceptors (Lipinski definition) is 5. The normalized spacial score (nSPS) is 12.1. The number of ether oxygens (including phenoxy) is 1. The van der Waals surface area contributed by atoms with E-state index in [0.717, 1.165) is 16.8 Å². The van der Waals surface area contributed by atoms with Crippen LogP contribution in [0.4, 0.5) is 0 Å². The molecule has 0 aliphatic heterocycles. The van der Waals surface area contributed by atoms with E-state index in [9.17, 15) is 9.59 Å². The summed E-state index contributed by atoms with van der Waals surface area (Å²) in [5.74, 6) is -0.668. The van der Waals surface area contributed by atoms with Gasteiger partial charge in [-0.15, -0.1) is 5.10 Å². The number of benzene rings is 1. The molecule has 1 aromatic heterocycles. The van der Waals surface area contributed by atoms with Crippen LogP contribution in [0, 0.1) is 26.7 Å². The summed E-state index contributed by atoms with van der Waals surface area (Å²) in [4.78, 5) is 25.8. The van der Waals surface area contributed by atoms with Crippen LogP contribution in [0.1, 0.15) is 48.1 Å². The minimum atomic E-state index is -0.896. The summed E-state index contributed by atoms with van der Waals surface area (Å²) >= 11 is 0. The van der Waals surface area contributed by atoms with Crippen molar-refractivity contribution in [1.29, 1.82) is 0 Å². The summed E-state index contributed by atoms with van der Waals surface area (Å²) in [6.45, 7) is 11.7. The average molecular weight is 358 g/mol. The van der Waals surface area contributed by atoms with Gasteiger partial charge in [0.2, 0.25) is 0 Å². The van der Waals surface area contributed by atoms with Crippen LogP contribution in [-0.4, -0.2) is 39.5 Å². The fourth-order valence-electron chi connectivity index (χ4n) is 2.42. The van der Waals surface area contributed by atoms with E-state index in [1.807, 2.05) is 45.9 Å². The molecule has 0 spiro atoms. The van der Waals surface area contributed by atoms with Gasteiger partial charge in [-0.05, 0) is 45.2 Å². The van der Waals surface area contributed by atoms with Crippen molar-refractivity contribution in [1.82, 2.24) is 20.3 Å². The first-order chi connectivity index (χ1) is 12.2. The number of nitrogens with one attached hydrogen (secondary N) is 1. The minimum absolute atomic E-state index is 0.105. The van der Waals surface area contributed by atoms with Crippen molar-refractivity contribution in [2.24, 2.45) is 5.92 Å². The molecule has 1 amide bonds. The van der Waals surface area contributed by atoms with Gasteiger partial charge >= 0.3 is 5.97 Å². The van der Waals surface area contributed by atoms with E-state index >= 15 is 0 Å². The molecule has 26 heavy (non-hydrogen) atoms. The molecule has 0 saturated heterocycles. The lowest BCUT2D eigenvalue weighted by atomic mass is 10.1. The summed E-state index contributed by atoms with van der Waals surface area (Å²) in [5.41, 5.74) is 3.48. The Hall–Kier alpha value is -2.70. The lowest BCUT2D eigenvalue weighted by molar-refractivity contribution is -0.129. The number of hydrogen-bond donors (Lipinski definition) is 1. The zero-order valence-electron chi connectivity index (χ0n) is 16.2. The maximum atomic E-state index is 12.4. The van der Waals surface area contributed by atoms with Crippen molar-refractivity contribution in [2.75, 3.05) is 6.54 Å². The second kappa shape index (κ2) is 8.12. The molecule has 0 aliphatic rings. The Morgan fingerprint density at radius 3 is 2.46 bits per heavy atom. The highest BCUT2D eigenvalue weighted by Crippen LogP contribution is 2.16. The molecule has 7 nitrogen and oxygen atoms in total. The third-order valence-corrected chi connectivity index (χ3v) is 3.88. The van der Waals surface area contributed by atoms with Crippen LogP contribution >= 0.6 is 0 Å². The van der Waals surface area contributed by atoms with Crippen molar-refractivity contribution in [2.45, 2.75) is 47.6 Å². The molecule has 140 valence electrons. The van der Waals surface area contributed by atoms with Crippen LogP contribution in [0.5, 0.6) is 0 Å². The van der Waals surface area contributed by atoms with Crippen molar-refractivity contribution >= 4 is 11.9 Å². The summed E-state index contributed by atoms with van der Waals surface area (Å²) < 4.78 is 5.24. The monoisotopic (exact) mass is 358 g/mol. The highest BCUT2D eigenvalue weighted by molar-refractivity contribution is 5.91. The van der Waals surface area contributed by atoms with Gasteiger partial charge in [-0.3, -0.25) is 4.79 Å².